The normalized spacial score (nSPS) is 17.5. The summed E-state index contributed by atoms with van der Waals surface area (Å²) in [6, 6.07) is 8.08. The van der Waals surface area contributed by atoms with Gasteiger partial charge < -0.3 is 16.4 Å². The zero-order valence-corrected chi connectivity index (χ0v) is 11.3. The highest BCUT2D eigenvalue weighted by Gasteiger charge is 2.22. The summed E-state index contributed by atoms with van der Waals surface area (Å²) in [5.41, 5.74) is 13.2. The van der Waals surface area contributed by atoms with E-state index >= 15 is 0 Å². The largest absolute Gasteiger partial charge is 0.399 e. The van der Waals surface area contributed by atoms with Gasteiger partial charge in [-0.15, -0.1) is 0 Å². The van der Waals surface area contributed by atoms with Crippen LogP contribution in [0.15, 0.2) is 24.3 Å². The summed E-state index contributed by atoms with van der Waals surface area (Å²) in [6.07, 6.45) is 4.01. The van der Waals surface area contributed by atoms with Gasteiger partial charge in [0, 0.05) is 11.6 Å². The molecule has 19 heavy (non-hydrogen) atoms. The Labute approximate surface area is 114 Å². The number of hydrogen-bond acceptors (Lipinski definition) is 3. The summed E-state index contributed by atoms with van der Waals surface area (Å²) in [7, 11) is 0. The van der Waals surface area contributed by atoms with Crippen LogP contribution in [0.25, 0.3) is 0 Å². The number of anilines is 1. The SMILES string of the molecule is NC(=O)C1CCN(CCCc2cccc(N)c2)CC1. The fourth-order valence-corrected chi connectivity index (χ4v) is 2.70. The maximum Gasteiger partial charge on any atom is 0.220 e. The van der Waals surface area contributed by atoms with Gasteiger partial charge in [0.05, 0.1) is 0 Å². The van der Waals surface area contributed by atoms with E-state index in [2.05, 4.69) is 11.0 Å². The zero-order chi connectivity index (χ0) is 13.7. The standard InChI is InChI=1S/C15H23N3O/c16-14-5-1-3-12(11-14)4-2-8-18-9-6-13(7-10-18)15(17)19/h1,3,5,11,13H,2,4,6-10,16H2,(H2,17,19). The van der Waals surface area contributed by atoms with Crippen LogP contribution in [-0.4, -0.2) is 30.4 Å². The molecule has 1 aliphatic heterocycles. The molecule has 2 rings (SSSR count). The number of rotatable bonds is 5. The number of carbonyl (C=O) groups excluding carboxylic acids is 1. The lowest BCUT2D eigenvalue weighted by Crippen LogP contribution is -2.39. The van der Waals surface area contributed by atoms with E-state index in [0.717, 1.165) is 51.0 Å². The van der Waals surface area contributed by atoms with Gasteiger partial charge in [-0.05, 0) is 63.0 Å². The summed E-state index contributed by atoms with van der Waals surface area (Å²) in [5.74, 6) is -0.0513. The molecular formula is C15H23N3O. The molecule has 4 N–H and O–H groups in total. The quantitative estimate of drug-likeness (QED) is 0.787. The van der Waals surface area contributed by atoms with Crippen LogP contribution < -0.4 is 11.5 Å². The molecule has 0 aromatic heterocycles. The van der Waals surface area contributed by atoms with Crippen molar-refractivity contribution in [3.63, 3.8) is 0 Å². The highest BCUT2D eigenvalue weighted by atomic mass is 16.1. The average Bonchev–Trinajstić information content (AvgIpc) is 2.39. The van der Waals surface area contributed by atoms with Crippen LogP contribution in [0.3, 0.4) is 0 Å². The minimum atomic E-state index is -0.139. The van der Waals surface area contributed by atoms with Crippen molar-refractivity contribution in [2.24, 2.45) is 11.7 Å². The maximum atomic E-state index is 11.1. The first kappa shape index (κ1) is 13.9. The molecule has 0 bridgehead atoms. The second kappa shape index (κ2) is 6.57. The summed E-state index contributed by atoms with van der Waals surface area (Å²) >= 11 is 0. The molecule has 104 valence electrons. The van der Waals surface area contributed by atoms with E-state index in [1.165, 1.54) is 5.56 Å². The van der Waals surface area contributed by atoms with Gasteiger partial charge in [-0.2, -0.15) is 0 Å². The first-order chi connectivity index (χ1) is 9.15. The number of nitrogen functional groups attached to an aromatic ring is 1. The number of hydrogen-bond donors (Lipinski definition) is 2. The van der Waals surface area contributed by atoms with Crippen LogP contribution in [0.5, 0.6) is 0 Å². The second-order valence-electron chi connectivity index (χ2n) is 5.37. The minimum absolute atomic E-state index is 0.0881. The van der Waals surface area contributed by atoms with Gasteiger partial charge in [0.1, 0.15) is 0 Å². The number of piperidine rings is 1. The summed E-state index contributed by atoms with van der Waals surface area (Å²) < 4.78 is 0. The van der Waals surface area contributed by atoms with Crippen LogP contribution in [0.1, 0.15) is 24.8 Å². The zero-order valence-electron chi connectivity index (χ0n) is 11.3. The summed E-state index contributed by atoms with van der Waals surface area (Å²) in [5, 5.41) is 0. The lowest BCUT2D eigenvalue weighted by molar-refractivity contribution is -0.123. The fourth-order valence-electron chi connectivity index (χ4n) is 2.70. The Bertz CT molecular complexity index is 425. The van der Waals surface area contributed by atoms with Gasteiger partial charge in [-0.1, -0.05) is 12.1 Å². The van der Waals surface area contributed by atoms with Crippen molar-refractivity contribution >= 4 is 11.6 Å². The summed E-state index contributed by atoms with van der Waals surface area (Å²) in [6.45, 7) is 3.06. The molecule has 0 unspecified atom stereocenters. The molecule has 1 amide bonds. The van der Waals surface area contributed by atoms with E-state index in [4.69, 9.17) is 11.5 Å². The van der Waals surface area contributed by atoms with Gasteiger partial charge in [-0.3, -0.25) is 4.79 Å². The van der Waals surface area contributed by atoms with Crippen molar-refractivity contribution in [3.05, 3.63) is 29.8 Å². The molecule has 1 aliphatic rings. The molecule has 1 heterocycles. The summed E-state index contributed by atoms with van der Waals surface area (Å²) in [4.78, 5) is 13.5. The van der Waals surface area contributed by atoms with Crippen molar-refractivity contribution in [2.75, 3.05) is 25.4 Å². The van der Waals surface area contributed by atoms with E-state index in [0.29, 0.717) is 0 Å². The van der Waals surface area contributed by atoms with Gasteiger partial charge in [-0.25, -0.2) is 0 Å². The van der Waals surface area contributed by atoms with Gasteiger partial charge in [0.2, 0.25) is 5.91 Å². The second-order valence-corrected chi connectivity index (χ2v) is 5.37. The molecule has 0 aliphatic carbocycles. The molecule has 0 spiro atoms. The number of nitrogens with zero attached hydrogens (tertiary/aromatic N) is 1. The van der Waals surface area contributed by atoms with Crippen LogP contribution in [-0.2, 0) is 11.2 Å². The molecule has 0 atom stereocenters. The lowest BCUT2D eigenvalue weighted by Gasteiger charge is -2.30. The molecule has 0 radical (unpaired) electrons. The van der Waals surface area contributed by atoms with Crippen LogP contribution in [0.2, 0.25) is 0 Å². The number of aryl methyl sites for hydroxylation is 1. The van der Waals surface area contributed by atoms with Crippen molar-refractivity contribution in [2.45, 2.75) is 25.7 Å². The van der Waals surface area contributed by atoms with E-state index in [-0.39, 0.29) is 11.8 Å². The molecule has 0 saturated carbocycles. The number of primary amides is 1. The Kier molecular flexibility index (Phi) is 4.80. The monoisotopic (exact) mass is 261 g/mol. The minimum Gasteiger partial charge on any atom is -0.399 e. The first-order valence-electron chi connectivity index (χ1n) is 7.01. The van der Waals surface area contributed by atoms with E-state index < -0.39 is 0 Å². The molecule has 1 saturated heterocycles. The van der Waals surface area contributed by atoms with E-state index in [1.54, 1.807) is 0 Å². The van der Waals surface area contributed by atoms with Crippen LogP contribution >= 0.6 is 0 Å². The Hall–Kier alpha value is -1.55. The molecule has 4 heteroatoms. The molecular weight excluding hydrogens is 238 g/mol. The number of benzene rings is 1. The Balaban J connectivity index is 1.68. The number of nitrogens with two attached hydrogens (primary N) is 2. The predicted octanol–water partition coefficient (Wildman–Crippen LogP) is 1.40. The van der Waals surface area contributed by atoms with Gasteiger partial charge in [0.15, 0.2) is 0 Å². The van der Waals surface area contributed by atoms with E-state index in [9.17, 15) is 4.79 Å². The molecule has 1 fully saturated rings. The van der Waals surface area contributed by atoms with Crippen LogP contribution in [0, 0.1) is 5.92 Å². The number of carbonyl (C=O) groups is 1. The van der Waals surface area contributed by atoms with Crippen molar-refractivity contribution in [3.8, 4) is 0 Å². The van der Waals surface area contributed by atoms with Crippen LogP contribution in [0.4, 0.5) is 5.69 Å². The average molecular weight is 261 g/mol. The molecule has 1 aromatic rings. The Morgan fingerprint density at radius 1 is 1.32 bits per heavy atom. The van der Waals surface area contributed by atoms with Crippen molar-refractivity contribution < 1.29 is 4.79 Å². The highest BCUT2D eigenvalue weighted by molar-refractivity contribution is 5.76. The smallest absolute Gasteiger partial charge is 0.220 e. The lowest BCUT2D eigenvalue weighted by atomic mass is 9.96. The first-order valence-corrected chi connectivity index (χ1v) is 7.01. The Morgan fingerprint density at radius 3 is 2.68 bits per heavy atom. The van der Waals surface area contributed by atoms with Gasteiger partial charge >= 0.3 is 0 Å². The maximum absolute atomic E-state index is 11.1. The van der Waals surface area contributed by atoms with E-state index in [1.807, 2.05) is 18.2 Å². The number of likely N-dealkylation sites (tertiary alicyclic amines) is 1. The van der Waals surface area contributed by atoms with Crippen molar-refractivity contribution in [1.82, 2.24) is 4.90 Å². The third-order valence-corrected chi connectivity index (χ3v) is 3.88. The molecule has 4 nitrogen and oxygen atoms in total. The number of amides is 1. The van der Waals surface area contributed by atoms with Gasteiger partial charge in [0.25, 0.3) is 0 Å². The highest BCUT2D eigenvalue weighted by Crippen LogP contribution is 2.17. The van der Waals surface area contributed by atoms with Crippen molar-refractivity contribution in [1.29, 1.82) is 0 Å². The molecule has 1 aromatic carbocycles. The third-order valence-electron chi connectivity index (χ3n) is 3.88. The predicted molar refractivity (Wildman–Crippen MR) is 77.5 cm³/mol. The Morgan fingerprint density at radius 2 is 2.05 bits per heavy atom. The topological polar surface area (TPSA) is 72.4 Å². The third kappa shape index (κ3) is 4.24. The fraction of sp³-hybridized carbons (Fsp3) is 0.533.